The van der Waals surface area contributed by atoms with Crippen molar-refractivity contribution in [2.24, 2.45) is 0 Å². The van der Waals surface area contributed by atoms with Gasteiger partial charge in [0.1, 0.15) is 16.9 Å². The molecule has 0 saturated carbocycles. The smallest absolute Gasteiger partial charge is 0.349 e. The monoisotopic (exact) mass is 340 g/mol. The number of hydrogen-bond donors (Lipinski definition) is 1. The number of non-ortho nitro benzene ring substituents is 1. The number of nitrogens with zero attached hydrogens (tertiary/aromatic N) is 1. The highest BCUT2D eigenvalue weighted by atomic mass is 16.6. The number of nitrogens with one attached hydrogen (secondary N) is 1. The molecule has 0 fully saturated rings. The maximum atomic E-state index is 12.4. The Morgan fingerprint density at radius 1 is 1.20 bits per heavy atom. The highest BCUT2D eigenvalue weighted by Crippen LogP contribution is 2.29. The number of ether oxygens (including phenoxy) is 1. The van der Waals surface area contributed by atoms with Crippen molar-refractivity contribution in [3.63, 3.8) is 0 Å². The molecule has 0 spiro atoms. The van der Waals surface area contributed by atoms with Gasteiger partial charge in [-0.2, -0.15) is 0 Å². The van der Waals surface area contributed by atoms with Gasteiger partial charge >= 0.3 is 5.63 Å². The summed E-state index contributed by atoms with van der Waals surface area (Å²) in [7, 11) is 1.32. The van der Waals surface area contributed by atoms with E-state index in [4.69, 9.17) is 9.15 Å². The molecule has 1 heterocycles. The Kier molecular flexibility index (Phi) is 4.17. The van der Waals surface area contributed by atoms with Crippen LogP contribution in [0.1, 0.15) is 10.4 Å². The number of para-hydroxylation sites is 1. The second kappa shape index (κ2) is 6.44. The van der Waals surface area contributed by atoms with E-state index in [1.54, 1.807) is 24.3 Å². The first kappa shape index (κ1) is 16.2. The highest BCUT2D eigenvalue weighted by molar-refractivity contribution is 6.06. The molecule has 8 nitrogen and oxygen atoms in total. The highest BCUT2D eigenvalue weighted by Gasteiger charge is 2.17. The second-order valence-electron chi connectivity index (χ2n) is 5.08. The maximum Gasteiger partial charge on any atom is 0.349 e. The van der Waals surface area contributed by atoms with Gasteiger partial charge in [-0.1, -0.05) is 18.2 Å². The van der Waals surface area contributed by atoms with Crippen LogP contribution in [-0.4, -0.2) is 17.9 Å². The van der Waals surface area contributed by atoms with E-state index in [0.29, 0.717) is 11.0 Å². The number of rotatable bonds is 4. The standard InChI is InChI=1S/C17H12N2O6/c1-24-15-9-11(19(22)23)6-7-13(15)18-16(20)12-8-10-4-2-3-5-14(10)25-17(12)21/h2-9H,1H3,(H,18,20). The summed E-state index contributed by atoms with van der Waals surface area (Å²) < 4.78 is 10.2. The van der Waals surface area contributed by atoms with Crippen LogP contribution in [-0.2, 0) is 0 Å². The molecule has 126 valence electrons. The van der Waals surface area contributed by atoms with Gasteiger partial charge in [0.2, 0.25) is 0 Å². The summed E-state index contributed by atoms with van der Waals surface area (Å²) in [6.45, 7) is 0. The van der Waals surface area contributed by atoms with E-state index in [1.807, 2.05) is 0 Å². The average Bonchev–Trinajstić information content (AvgIpc) is 2.61. The van der Waals surface area contributed by atoms with Gasteiger partial charge in [-0.15, -0.1) is 0 Å². The molecule has 25 heavy (non-hydrogen) atoms. The fourth-order valence-corrected chi connectivity index (χ4v) is 2.31. The zero-order chi connectivity index (χ0) is 18.0. The van der Waals surface area contributed by atoms with Gasteiger partial charge < -0.3 is 14.5 Å². The summed E-state index contributed by atoms with van der Waals surface area (Å²) in [5.41, 5.74) is -0.570. The molecule has 8 heteroatoms. The van der Waals surface area contributed by atoms with Crippen LogP contribution in [0.25, 0.3) is 11.0 Å². The molecule has 0 saturated heterocycles. The number of nitro groups is 1. The van der Waals surface area contributed by atoms with Crippen molar-refractivity contribution >= 4 is 28.3 Å². The Balaban J connectivity index is 1.96. The molecule has 0 aliphatic rings. The van der Waals surface area contributed by atoms with Crippen LogP contribution >= 0.6 is 0 Å². The Bertz CT molecular complexity index is 1040. The minimum absolute atomic E-state index is 0.104. The first-order valence-electron chi connectivity index (χ1n) is 7.16. The van der Waals surface area contributed by atoms with Gasteiger partial charge in [0.25, 0.3) is 11.6 Å². The van der Waals surface area contributed by atoms with Crippen molar-refractivity contribution < 1.29 is 18.9 Å². The summed E-state index contributed by atoms with van der Waals surface area (Å²) >= 11 is 0. The van der Waals surface area contributed by atoms with Gasteiger partial charge in [0, 0.05) is 11.5 Å². The second-order valence-corrected chi connectivity index (χ2v) is 5.08. The molecule has 0 aliphatic carbocycles. The number of nitro benzene ring substituents is 1. The Morgan fingerprint density at radius 3 is 2.68 bits per heavy atom. The Hall–Kier alpha value is -3.68. The minimum atomic E-state index is -0.780. The molecule has 0 aliphatic heterocycles. The van der Waals surface area contributed by atoms with Crippen molar-refractivity contribution in [1.29, 1.82) is 0 Å². The van der Waals surface area contributed by atoms with Gasteiger partial charge in [0.05, 0.1) is 23.8 Å². The first-order chi connectivity index (χ1) is 12.0. The third-order valence-electron chi connectivity index (χ3n) is 3.53. The summed E-state index contributed by atoms with van der Waals surface area (Å²) in [4.78, 5) is 34.6. The molecule has 0 bridgehead atoms. The van der Waals surface area contributed by atoms with Crippen LogP contribution in [0.2, 0.25) is 0 Å². The number of benzene rings is 2. The van der Waals surface area contributed by atoms with Crippen molar-refractivity contribution in [2.45, 2.75) is 0 Å². The average molecular weight is 340 g/mol. The number of carbonyl (C=O) groups is 1. The van der Waals surface area contributed by atoms with Gasteiger partial charge in [-0.25, -0.2) is 4.79 Å². The fraction of sp³-hybridized carbons (Fsp3) is 0.0588. The van der Waals surface area contributed by atoms with Crippen LogP contribution < -0.4 is 15.7 Å². The molecule has 2 aromatic carbocycles. The van der Waals surface area contributed by atoms with E-state index in [-0.39, 0.29) is 22.7 Å². The number of amides is 1. The van der Waals surface area contributed by atoms with Crippen LogP contribution in [0.15, 0.2) is 57.7 Å². The summed E-state index contributed by atoms with van der Waals surface area (Å²) in [5, 5.41) is 13.9. The van der Waals surface area contributed by atoms with Crippen molar-refractivity contribution in [2.75, 3.05) is 12.4 Å². The molecule has 1 amide bonds. The van der Waals surface area contributed by atoms with Crippen LogP contribution in [0.5, 0.6) is 5.75 Å². The van der Waals surface area contributed by atoms with Crippen LogP contribution in [0.3, 0.4) is 0 Å². The van der Waals surface area contributed by atoms with Crippen molar-refractivity contribution in [3.8, 4) is 5.75 Å². The number of fused-ring (bicyclic) bond motifs is 1. The lowest BCUT2D eigenvalue weighted by molar-refractivity contribution is -0.384. The van der Waals surface area contributed by atoms with Gasteiger partial charge in [0.15, 0.2) is 0 Å². The summed E-state index contributed by atoms with van der Waals surface area (Å²) in [6, 6.07) is 12.0. The van der Waals surface area contributed by atoms with Crippen molar-refractivity contribution in [3.05, 3.63) is 74.6 Å². The van der Waals surface area contributed by atoms with E-state index in [1.165, 1.54) is 31.4 Å². The van der Waals surface area contributed by atoms with E-state index in [0.717, 1.165) is 0 Å². The van der Waals surface area contributed by atoms with Gasteiger partial charge in [-0.05, 0) is 18.2 Å². The minimum Gasteiger partial charge on any atom is -0.494 e. The fourth-order valence-electron chi connectivity index (χ4n) is 2.31. The van der Waals surface area contributed by atoms with Crippen LogP contribution in [0.4, 0.5) is 11.4 Å². The third kappa shape index (κ3) is 3.18. The molecule has 1 aromatic heterocycles. The lowest BCUT2D eigenvalue weighted by Crippen LogP contribution is -2.21. The SMILES string of the molecule is COc1cc([N+](=O)[O-])ccc1NC(=O)c1cc2ccccc2oc1=O. The van der Waals surface area contributed by atoms with Crippen LogP contribution in [0, 0.1) is 10.1 Å². The molecule has 1 N–H and O–H groups in total. The number of hydrogen-bond acceptors (Lipinski definition) is 6. The molecule has 3 rings (SSSR count). The van der Waals surface area contributed by atoms with Crippen molar-refractivity contribution in [1.82, 2.24) is 0 Å². The predicted octanol–water partition coefficient (Wildman–Crippen LogP) is 2.96. The molecule has 3 aromatic rings. The summed E-state index contributed by atoms with van der Waals surface area (Å²) in [5.74, 6) is -0.598. The molecular formula is C17H12N2O6. The maximum absolute atomic E-state index is 12.4. The Morgan fingerprint density at radius 2 is 1.96 bits per heavy atom. The lowest BCUT2D eigenvalue weighted by Gasteiger charge is -2.09. The first-order valence-corrected chi connectivity index (χ1v) is 7.16. The predicted molar refractivity (Wildman–Crippen MR) is 90.1 cm³/mol. The number of anilines is 1. The van der Waals surface area contributed by atoms with E-state index < -0.39 is 16.5 Å². The third-order valence-corrected chi connectivity index (χ3v) is 3.53. The number of methoxy groups -OCH3 is 1. The largest absolute Gasteiger partial charge is 0.494 e. The quantitative estimate of drug-likeness (QED) is 0.444. The number of carbonyl (C=O) groups excluding carboxylic acids is 1. The zero-order valence-corrected chi connectivity index (χ0v) is 13.0. The molecule has 0 radical (unpaired) electrons. The molecular weight excluding hydrogens is 328 g/mol. The zero-order valence-electron chi connectivity index (χ0n) is 13.0. The van der Waals surface area contributed by atoms with E-state index in [2.05, 4.69) is 5.32 Å². The molecule has 0 atom stereocenters. The Labute approximate surface area is 140 Å². The normalized spacial score (nSPS) is 10.4. The molecule has 0 unspecified atom stereocenters. The lowest BCUT2D eigenvalue weighted by atomic mass is 10.1. The van der Waals surface area contributed by atoms with Gasteiger partial charge in [-0.3, -0.25) is 14.9 Å². The summed E-state index contributed by atoms with van der Waals surface area (Å²) in [6.07, 6.45) is 0. The van der Waals surface area contributed by atoms with E-state index in [9.17, 15) is 19.7 Å². The topological polar surface area (TPSA) is 112 Å². The van der Waals surface area contributed by atoms with E-state index >= 15 is 0 Å².